The Balaban J connectivity index is 1.65. The Morgan fingerprint density at radius 3 is 2.67 bits per heavy atom. The monoisotopic (exact) mass is 437 g/mol. The molecule has 0 fully saturated rings. The number of benzene rings is 2. The zero-order valence-corrected chi connectivity index (χ0v) is 19.9. The molecule has 0 radical (unpaired) electrons. The molecule has 0 bridgehead atoms. The minimum atomic E-state index is 0.770. The summed E-state index contributed by atoms with van der Waals surface area (Å²) in [5, 5.41) is 6.78. The maximum atomic E-state index is 4.68. The van der Waals surface area contributed by atoms with Gasteiger partial charge in [-0.1, -0.05) is 19.6 Å². The number of aromatic amines is 1. The van der Waals surface area contributed by atoms with E-state index in [1.54, 1.807) is 12.4 Å². The first-order valence-electron chi connectivity index (χ1n) is 11.3. The van der Waals surface area contributed by atoms with E-state index in [4.69, 9.17) is 0 Å². The van der Waals surface area contributed by atoms with Crippen molar-refractivity contribution < 1.29 is 0 Å². The highest BCUT2D eigenvalue weighted by Crippen LogP contribution is 2.32. The molecule has 0 amide bonds. The van der Waals surface area contributed by atoms with Crippen molar-refractivity contribution >= 4 is 34.6 Å². The van der Waals surface area contributed by atoms with Crippen molar-refractivity contribution in [3.8, 4) is 0 Å². The van der Waals surface area contributed by atoms with Gasteiger partial charge in [-0.3, -0.25) is 15.1 Å². The molecule has 5 nitrogen and oxygen atoms in total. The van der Waals surface area contributed by atoms with Gasteiger partial charge in [0.1, 0.15) is 0 Å². The highest BCUT2D eigenvalue weighted by Gasteiger charge is 2.16. The minimum Gasteiger partial charge on any atom is -0.337 e. The number of H-pyrrole nitrogens is 1. The second-order valence-electron chi connectivity index (χ2n) is 8.62. The quantitative estimate of drug-likeness (QED) is 0.407. The Labute approximate surface area is 196 Å². The predicted octanol–water partition coefficient (Wildman–Crippen LogP) is 6.54. The van der Waals surface area contributed by atoms with E-state index >= 15 is 0 Å². The Bertz CT molecular complexity index is 1250. The number of allylic oxidation sites excluding steroid dienone is 2. The number of hydrogen-bond acceptors (Lipinski definition) is 4. The largest absolute Gasteiger partial charge is 0.337 e. The van der Waals surface area contributed by atoms with Crippen LogP contribution in [-0.2, 0) is 6.42 Å². The van der Waals surface area contributed by atoms with Crippen molar-refractivity contribution in [1.82, 2.24) is 10.2 Å². The van der Waals surface area contributed by atoms with Gasteiger partial charge in [0.25, 0.3) is 0 Å². The van der Waals surface area contributed by atoms with Crippen molar-refractivity contribution in [1.29, 1.82) is 0 Å². The molecule has 3 aromatic rings. The standard InChI is InChI=1S/C28H31N5/c1-6-23-9-19(2)10-27(13-23)33(18-24-12-22(5)29-15-24)26-7-8-28(20(3)11-26)30-14-21(4)25-16-31-32-17-25/h7-14,16-17H,4,6,15,18H2,1-3,5H3,(H,31,32). The first kappa shape index (κ1) is 22.5. The third-order valence-electron chi connectivity index (χ3n) is 5.87. The van der Waals surface area contributed by atoms with Crippen LogP contribution in [0.4, 0.5) is 17.1 Å². The van der Waals surface area contributed by atoms with Crippen molar-refractivity contribution in [2.45, 2.75) is 34.1 Å². The molecule has 1 N–H and O–H groups in total. The zero-order chi connectivity index (χ0) is 23.4. The highest BCUT2D eigenvalue weighted by atomic mass is 15.1. The summed E-state index contributed by atoms with van der Waals surface area (Å²) in [5.41, 5.74) is 11.2. The van der Waals surface area contributed by atoms with Crippen molar-refractivity contribution in [2.24, 2.45) is 9.98 Å². The van der Waals surface area contributed by atoms with Crippen molar-refractivity contribution in [3.05, 3.63) is 89.3 Å². The van der Waals surface area contributed by atoms with Crippen LogP contribution in [0.3, 0.4) is 0 Å². The number of rotatable bonds is 8. The first-order chi connectivity index (χ1) is 15.9. The van der Waals surface area contributed by atoms with Crippen LogP contribution in [0.1, 0.15) is 36.1 Å². The predicted molar refractivity (Wildman–Crippen MR) is 141 cm³/mol. The molecule has 1 aliphatic rings. The Morgan fingerprint density at radius 1 is 1.15 bits per heavy atom. The number of nitrogens with zero attached hydrogens (tertiary/aromatic N) is 4. The molecule has 168 valence electrons. The van der Waals surface area contributed by atoms with E-state index in [9.17, 15) is 0 Å². The number of aryl methyl sites for hydroxylation is 3. The normalized spacial score (nSPS) is 13.3. The minimum absolute atomic E-state index is 0.770. The van der Waals surface area contributed by atoms with Gasteiger partial charge in [0.05, 0.1) is 18.4 Å². The molecule has 0 aliphatic carbocycles. The number of nitrogens with one attached hydrogen (secondary N) is 1. The molecule has 0 spiro atoms. The van der Waals surface area contributed by atoms with Crippen LogP contribution in [0.5, 0.6) is 0 Å². The summed E-state index contributed by atoms with van der Waals surface area (Å²) in [7, 11) is 0. The van der Waals surface area contributed by atoms with E-state index in [2.05, 4.69) is 102 Å². The summed E-state index contributed by atoms with van der Waals surface area (Å²) >= 11 is 0. The van der Waals surface area contributed by atoms with E-state index in [0.29, 0.717) is 0 Å². The van der Waals surface area contributed by atoms with Gasteiger partial charge in [0.15, 0.2) is 0 Å². The van der Waals surface area contributed by atoms with Crippen LogP contribution in [0.15, 0.2) is 77.0 Å². The van der Waals surface area contributed by atoms with E-state index in [1.165, 1.54) is 22.4 Å². The van der Waals surface area contributed by atoms with Gasteiger partial charge >= 0.3 is 0 Å². The molecule has 33 heavy (non-hydrogen) atoms. The molecular formula is C28H31N5. The fourth-order valence-electron chi connectivity index (χ4n) is 4.04. The second-order valence-corrected chi connectivity index (χ2v) is 8.62. The fourth-order valence-corrected chi connectivity index (χ4v) is 4.04. The number of anilines is 2. The maximum absolute atomic E-state index is 4.68. The van der Waals surface area contributed by atoms with Crippen LogP contribution >= 0.6 is 0 Å². The van der Waals surface area contributed by atoms with Crippen LogP contribution in [0.25, 0.3) is 5.57 Å². The van der Waals surface area contributed by atoms with Gasteiger partial charge in [0, 0.05) is 41.6 Å². The van der Waals surface area contributed by atoms with Gasteiger partial charge < -0.3 is 4.90 Å². The Hall–Kier alpha value is -3.73. The number of aromatic nitrogens is 2. The van der Waals surface area contributed by atoms with E-state index in [1.807, 2.05) is 6.20 Å². The molecule has 4 rings (SSSR count). The molecule has 0 unspecified atom stereocenters. The topological polar surface area (TPSA) is 56.6 Å². The van der Waals surface area contributed by atoms with Crippen LogP contribution in [0, 0.1) is 13.8 Å². The van der Waals surface area contributed by atoms with Crippen molar-refractivity contribution in [2.75, 3.05) is 18.0 Å². The molecule has 2 heterocycles. The first-order valence-corrected chi connectivity index (χ1v) is 11.3. The Morgan fingerprint density at radius 2 is 2.00 bits per heavy atom. The summed E-state index contributed by atoms with van der Waals surface area (Å²) in [6.07, 6.45) is 8.58. The summed E-state index contributed by atoms with van der Waals surface area (Å²) in [4.78, 5) is 11.6. The lowest BCUT2D eigenvalue weighted by atomic mass is 10.1. The van der Waals surface area contributed by atoms with Gasteiger partial charge in [-0.25, -0.2) is 0 Å². The van der Waals surface area contributed by atoms with Gasteiger partial charge in [0.2, 0.25) is 0 Å². The second kappa shape index (κ2) is 9.82. The molecule has 0 atom stereocenters. The molecule has 1 aliphatic heterocycles. The maximum Gasteiger partial charge on any atom is 0.0660 e. The SMILES string of the molecule is C=C(C=Nc1ccc(N(CC2=CC(C)=NC2)c2cc(C)cc(CC)c2)cc1C)c1cn[nH]c1. The lowest BCUT2D eigenvalue weighted by Crippen LogP contribution is -2.21. The Kier molecular flexibility index (Phi) is 6.68. The lowest BCUT2D eigenvalue weighted by Gasteiger charge is -2.27. The van der Waals surface area contributed by atoms with E-state index in [0.717, 1.165) is 53.3 Å². The van der Waals surface area contributed by atoms with Crippen molar-refractivity contribution in [3.63, 3.8) is 0 Å². The summed E-state index contributed by atoms with van der Waals surface area (Å²) in [5.74, 6) is 0. The van der Waals surface area contributed by atoms with Crippen LogP contribution < -0.4 is 4.90 Å². The molecule has 0 saturated carbocycles. The smallest absolute Gasteiger partial charge is 0.0660 e. The summed E-state index contributed by atoms with van der Waals surface area (Å²) in [6, 6.07) is 13.3. The average Bonchev–Trinajstić information content (AvgIpc) is 3.48. The molecule has 1 aromatic heterocycles. The van der Waals surface area contributed by atoms with Gasteiger partial charge in [-0.2, -0.15) is 5.10 Å². The average molecular weight is 438 g/mol. The molecular weight excluding hydrogens is 406 g/mol. The molecule has 2 aromatic carbocycles. The zero-order valence-electron chi connectivity index (χ0n) is 19.9. The van der Waals surface area contributed by atoms with E-state index < -0.39 is 0 Å². The van der Waals surface area contributed by atoms with Gasteiger partial charge in [-0.15, -0.1) is 0 Å². The van der Waals surface area contributed by atoms with E-state index in [-0.39, 0.29) is 0 Å². The fraction of sp³-hybridized carbons (Fsp3) is 0.250. The van der Waals surface area contributed by atoms with Crippen LogP contribution in [-0.4, -0.2) is 35.2 Å². The summed E-state index contributed by atoms with van der Waals surface area (Å²) < 4.78 is 0. The molecule has 0 saturated heterocycles. The number of aliphatic imine (C=N–C) groups is 2. The highest BCUT2D eigenvalue weighted by molar-refractivity contribution is 6.09. The lowest BCUT2D eigenvalue weighted by molar-refractivity contribution is 0.992. The third-order valence-corrected chi connectivity index (χ3v) is 5.87. The van der Waals surface area contributed by atoms with Crippen LogP contribution in [0.2, 0.25) is 0 Å². The number of hydrogen-bond donors (Lipinski definition) is 1. The summed E-state index contributed by atoms with van der Waals surface area (Å²) in [6.45, 7) is 14.2. The third kappa shape index (κ3) is 5.37. The molecule has 5 heteroatoms. The van der Waals surface area contributed by atoms with Gasteiger partial charge in [-0.05, 0) is 91.4 Å².